The van der Waals surface area contributed by atoms with Gasteiger partial charge in [0.05, 0.1) is 5.41 Å². The van der Waals surface area contributed by atoms with E-state index in [-0.39, 0.29) is 23.5 Å². The maximum absolute atomic E-state index is 13.6. The summed E-state index contributed by atoms with van der Waals surface area (Å²) in [6.45, 7) is 5.57. The van der Waals surface area contributed by atoms with Crippen LogP contribution >= 0.6 is 0 Å². The Bertz CT molecular complexity index is 3840. The van der Waals surface area contributed by atoms with Crippen LogP contribution in [0.5, 0.6) is 0 Å². The Morgan fingerprint density at radius 2 is 0.662 bits per heavy atom. The summed E-state index contributed by atoms with van der Waals surface area (Å²) in [6, 6.07) is 75.6. The van der Waals surface area contributed by atoms with E-state index >= 15 is 0 Å². The molecule has 0 radical (unpaired) electrons. The normalized spacial score (nSPS) is 11.9. The molecule has 8 nitrogen and oxygen atoms in total. The highest BCUT2D eigenvalue weighted by atomic mass is 16.2. The molecule has 4 N–H and O–H groups in total. The first-order chi connectivity index (χ1) is 37.5. The zero-order chi connectivity index (χ0) is 53.2. The second-order valence-electron chi connectivity index (χ2n) is 19.5. The highest BCUT2D eigenvalue weighted by molar-refractivity contribution is 6.06. The Morgan fingerprint density at radius 3 is 1.01 bits per heavy atom. The van der Waals surface area contributed by atoms with Crippen molar-refractivity contribution in [1.82, 2.24) is 0 Å². The van der Waals surface area contributed by atoms with Gasteiger partial charge in [-0.2, -0.15) is 0 Å². The van der Waals surface area contributed by atoms with Crippen molar-refractivity contribution in [3.63, 3.8) is 0 Å². The van der Waals surface area contributed by atoms with Gasteiger partial charge in [-0.1, -0.05) is 146 Å². The van der Waals surface area contributed by atoms with E-state index in [2.05, 4.69) is 106 Å². The van der Waals surface area contributed by atoms with Gasteiger partial charge in [-0.25, -0.2) is 0 Å². The van der Waals surface area contributed by atoms with E-state index in [1.54, 1.807) is 31.2 Å². The lowest BCUT2D eigenvalue weighted by Gasteiger charge is -2.34. The SMILES string of the molecule is CNc1ccc(C2(c3ccc(NC(=O)c4ccc(-c5ccc(C(=O)Nc6ccc(-c7ccc(NC(=O)c8ccc(-c9ccc(C(C)=O)cc9)cc8)cc7C)c(C)c6)cc5)cc4)cc3)c3ccccc3-c3ccccc32)cc1. The monoisotopic (exact) mass is 1000 g/mol. The number of fused-ring (bicyclic) bond motifs is 3. The third-order valence-electron chi connectivity index (χ3n) is 14.8. The molecule has 1 aliphatic carbocycles. The average molecular weight is 1000 g/mol. The van der Waals surface area contributed by atoms with Crippen molar-refractivity contribution in [1.29, 1.82) is 0 Å². The number of anilines is 4. The van der Waals surface area contributed by atoms with Gasteiger partial charge in [0.15, 0.2) is 5.78 Å². The molecule has 10 aromatic carbocycles. The van der Waals surface area contributed by atoms with Crippen LogP contribution in [0.25, 0.3) is 44.5 Å². The van der Waals surface area contributed by atoms with E-state index in [9.17, 15) is 19.2 Å². The Hall–Kier alpha value is -9.92. The number of benzene rings is 10. The van der Waals surface area contributed by atoms with Crippen molar-refractivity contribution in [3.8, 4) is 44.5 Å². The lowest BCUT2D eigenvalue weighted by molar-refractivity contribution is 0.101. The number of rotatable bonds is 13. The summed E-state index contributed by atoms with van der Waals surface area (Å²) in [5.41, 5.74) is 19.7. The third kappa shape index (κ3) is 9.60. The summed E-state index contributed by atoms with van der Waals surface area (Å²) in [7, 11) is 1.93. The number of carbonyl (C=O) groups excluding carboxylic acids is 4. The van der Waals surface area contributed by atoms with Gasteiger partial charge in [0.2, 0.25) is 0 Å². The van der Waals surface area contributed by atoms with Crippen LogP contribution < -0.4 is 21.3 Å². The predicted molar refractivity (Wildman–Crippen MR) is 312 cm³/mol. The van der Waals surface area contributed by atoms with Crippen LogP contribution in [0.4, 0.5) is 22.7 Å². The van der Waals surface area contributed by atoms with Crippen LogP contribution in [0, 0.1) is 13.8 Å². The van der Waals surface area contributed by atoms with Gasteiger partial charge >= 0.3 is 0 Å². The van der Waals surface area contributed by atoms with Crippen molar-refractivity contribution < 1.29 is 19.2 Å². The van der Waals surface area contributed by atoms with Gasteiger partial charge in [0.1, 0.15) is 0 Å². The summed E-state index contributed by atoms with van der Waals surface area (Å²) in [5, 5.41) is 12.4. The van der Waals surface area contributed by atoms with Gasteiger partial charge in [-0.3, -0.25) is 19.2 Å². The third-order valence-corrected chi connectivity index (χ3v) is 14.8. The molecule has 374 valence electrons. The molecule has 0 saturated carbocycles. The van der Waals surface area contributed by atoms with Crippen LogP contribution in [0.15, 0.2) is 231 Å². The molecule has 0 unspecified atom stereocenters. The molecule has 0 aliphatic heterocycles. The minimum atomic E-state index is -0.543. The minimum Gasteiger partial charge on any atom is -0.388 e. The largest absolute Gasteiger partial charge is 0.388 e. The molecule has 0 saturated heterocycles. The van der Waals surface area contributed by atoms with Gasteiger partial charge in [0, 0.05) is 52.1 Å². The van der Waals surface area contributed by atoms with E-state index in [1.807, 2.05) is 142 Å². The van der Waals surface area contributed by atoms with Gasteiger partial charge in [-0.05, 0) is 184 Å². The van der Waals surface area contributed by atoms with Gasteiger partial charge < -0.3 is 21.3 Å². The number of hydrogen-bond acceptors (Lipinski definition) is 5. The Morgan fingerprint density at radius 1 is 0.338 bits per heavy atom. The smallest absolute Gasteiger partial charge is 0.255 e. The van der Waals surface area contributed by atoms with Crippen LogP contribution in [-0.4, -0.2) is 30.6 Å². The lowest BCUT2D eigenvalue weighted by atomic mass is 9.67. The highest BCUT2D eigenvalue weighted by Crippen LogP contribution is 2.56. The maximum atomic E-state index is 13.6. The number of aryl methyl sites for hydroxylation is 2. The number of Topliss-reactive ketones (excluding diaryl/α,β-unsaturated/α-hetero) is 1. The average Bonchev–Trinajstić information content (AvgIpc) is 3.83. The predicted octanol–water partition coefficient (Wildman–Crippen LogP) is 15.7. The number of nitrogens with one attached hydrogen (secondary N) is 4. The molecular formula is C69H54N4O4. The summed E-state index contributed by atoms with van der Waals surface area (Å²) >= 11 is 0. The second-order valence-corrected chi connectivity index (χ2v) is 19.5. The quantitative estimate of drug-likeness (QED) is 0.0859. The topological polar surface area (TPSA) is 116 Å². The Labute approximate surface area is 448 Å². The summed E-state index contributed by atoms with van der Waals surface area (Å²) < 4.78 is 0. The fourth-order valence-corrected chi connectivity index (χ4v) is 10.8. The molecule has 11 rings (SSSR count). The lowest BCUT2D eigenvalue weighted by Crippen LogP contribution is -2.28. The van der Waals surface area contributed by atoms with E-state index in [1.165, 1.54) is 27.8 Å². The molecule has 0 spiro atoms. The van der Waals surface area contributed by atoms with Gasteiger partial charge in [0.25, 0.3) is 17.7 Å². The Balaban J connectivity index is 0.709. The number of hydrogen-bond donors (Lipinski definition) is 4. The summed E-state index contributed by atoms with van der Waals surface area (Å²) in [6.07, 6.45) is 0. The summed E-state index contributed by atoms with van der Waals surface area (Å²) in [5.74, 6) is -0.630. The van der Waals surface area contributed by atoms with Crippen molar-refractivity contribution in [3.05, 3.63) is 286 Å². The minimum absolute atomic E-state index is 0.0200. The number of amides is 3. The van der Waals surface area contributed by atoms with E-state index < -0.39 is 5.41 Å². The molecule has 0 bridgehead atoms. The highest BCUT2D eigenvalue weighted by Gasteiger charge is 2.45. The standard InChI is InChI=1S/C69H54N4O4/c1-43-41-58(72-67(76)52-25-19-48(20-26-52)47-15-13-46(14-16-47)45(3)74)37-39-60(43)61-40-38-59(42-44(61)2)73-68(77)53-27-21-50(22-28-53)49-17-23-51(24-18-49)66(75)71-57-35-31-55(32-36-57)69(54-29-33-56(70-4)34-30-54)64-11-7-5-9-62(64)63-10-6-8-12-65(63)69/h5-42,70H,1-4H3,(H,71,75)(H,72,76)(H,73,77). The zero-order valence-corrected chi connectivity index (χ0v) is 43.1. The number of ketones is 1. The first-order valence-corrected chi connectivity index (χ1v) is 25.6. The summed E-state index contributed by atoms with van der Waals surface area (Å²) in [4.78, 5) is 52.0. The zero-order valence-electron chi connectivity index (χ0n) is 43.1. The molecular weight excluding hydrogens is 949 g/mol. The molecule has 1 aliphatic rings. The molecule has 8 heteroatoms. The number of carbonyl (C=O) groups is 4. The van der Waals surface area contributed by atoms with E-state index in [4.69, 9.17) is 0 Å². The first kappa shape index (κ1) is 49.3. The van der Waals surface area contributed by atoms with Gasteiger partial charge in [-0.15, -0.1) is 0 Å². The Kier molecular flexibility index (Phi) is 13.3. The molecule has 0 aromatic heterocycles. The first-order valence-electron chi connectivity index (χ1n) is 25.6. The molecule has 0 heterocycles. The van der Waals surface area contributed by atoms with Crippen molar-refractivity contribution in [2.75, 3.05) is 28.3 Å². The molecule has 0 fully saturated rings. The van der Waals surface area contributed by atoms with Crippen LogP contribution in [0.1, 0.15) is 81.7 Å². The molecule has 0 atom stereocenters. The van der Waals surface area contributed by atoms with Crippen molar-refractivity contribution >= 4 is 46.3 Å². The van der Waals surface area contributed by atoms with Crippen molar-refractivity contribution in [2.45, 2.75) is 26.2 Å². The van der Waals surface area contributed by atoms with Crippen LogP contribution in [0.2, 0.25) is 0 Å². The molecule has 3 amide bonds. The fourth-order valence-electron chi connectivity index (χ4n) is 10.8. The second kappa shape index (κ2) is 20.8. The van der Waals surface area contributed by atoms with Crippen LogP contribution in [0.3, 0.4) is 0 Å². The van der Waals surface area contributed by atoms with E-state index in [0.29, 0.717) is 39.3 Å². The fraction of sp³-hybridized carbons (Fsp3) is 0.0725. The maximum Gasteiger partial charge on any atom is 0.255 e. The molecule has 10 aromatic rings. The van der Waals surface area contributed by atoms with E-state index in [0.717, 1.165) is 55.8 Å². The van der Waals surface area contributed by atoms with Crippen LogP contribution in [-0.2, 0) is 5.41 Å². The van der Waals surface area contributed by atoms with Crippen molar-refractivity contribution in [2.24, 2.45) is 0 Å². The molecule has 77 heavy (non-hydrogen) atoms.